The third-order valence-electron chi connectivity index (χ3n) is 2.53. The lowest BCUT2D eigenvalue weighted by atomic mass is 9.89. The van der Waals surface area contributed by atoms with Crippen LogP contribution in [0.2, 0.25) is 0 Å². The summed E-state index contributed by atoms with van der Waals surface area (Å²) in [4.78, 5) is 11.1. The minimum Gasteiger partial charge on any atom is -0.221 e. The molecule has 0 saturated heterocycles. The zero-order chi connectivity index (χ0) is 9.10. The molecule has 1 saturated carbocycles. The highest BCUT2D eigenvalue weighted by atomic mass is 19.1. The van der Waals surface area contributed by atoms with E-state index >= 15 is 0 Å². The van der Waals surface area contributed by atoms with E-state index in [9.17, 15) is 4.39 Å². The van der Waals surface area contributed by atoms with Crippen molar-refractivity contribution in [1.29, 1.82) is 0 Å². The molecular formula is C9H12FN3. The molecule has 0 radical (unpaired) electrons. The van der Waals surface area contributed by atoms with Crippen molar-refractivity contribution in [2.24, 2.45) is 0 Å². The maximum atomic E-state index is 12.7. The second-order valence-corrected chi connectivity index (χ2v) is 3.45. The van der Waals surface area contributed by atoms with Gasteiger partial charge in [0.25, 0.3) is 0 Å². The largest absolute Gasteiger partial charge is 0.311 e. The first-order valence-electron chi connectivity index (χ1n) is 4.70. The third-order valence-corrected chi connectivity index (χ3v) is 2.53. The van der Waals surface area contributed by atoms with Crippen molar-refractivity contribution in [3.8, 4) is 0 Å². The Morgan fingerprint density at radius 1 is 1.15 bits per heavy atom. The van der Waals surface area contributed by atoms with Gasteiger partial charge in [-0.2, -0.15) is 14.4 Å². The lowest BCUT2D eigenvalue weighted by Gasteiger charge is -2.19. The van der Waals surface area contributed by atoms with Crippen molar-refractivity contribution in [2.45, 2.75) is 38.0 Å². The fraction of sp³-hybridized carbons (Fsp3) is 0.667. The van der Waals surface area contributed by atoms with Gasteiger partial charge in [0.1, 0.15) is 12.2 Å². The maximum absolute atomic E-state index is 12.7. The molecule has 3 nitrogen and oxygen atoms in total. The average molecular weight is 181 g/mol. The molecule has 0 amide bonds. The molecule has 1 aliphatic carbocycles. The Morgan fingerprint density at radius 2 is 1.92 bits per heavy atom. The van der Waals surface area contributed by atoms with Crippen molar-refractivity contribution < 1.29 is 4.39 Å². The van der Waals surface area contributed by atoms with Gasteiger partial charge in [-0.05, 0) is 12.8 Å². The highest BCUT2D eigenvalue weighted by molar-refractivity contribution is 4.95. The molecule has 0 bridgehead atoms. The quantitative estimate of drug-likeness (QED) is 0.665. The van der Waals surface area contributed by atoms with Crippen LogP contribution < -0.4 is 0 Å². The molecule has 0 spiro atoms. The Labute approximate surface area is 76.4 Å². The molecule has 0 atom stereocenters. The first-order valence-corrected chi connectivity index (χ1v) is 4.70. The lowest BCUT2D eigenvalue weighted by Crippen LogP contribution is -2.10. The monoisotopic (exact) mass is 181 g/mol. The molecule has 1 aromatic heterocycles. The summed E-state index contributed by atoms with van der Waals surface area (Å²) in [5.74, 6) is 0.985. The molecule has 2 rings (SSSR count). The zero-order valence-corrected chi connectivity index (χ0v) is 7.41. The molecule has 1 fully saturated rings. The molecule has 1 heterocycles. The Balaban J connectivity index is 2.14. The van der Waals surface area contributed by atoms with E-state index < -0.39 is 6.08 Å². The van der Waals surface area contributed by atoms with Gasteiger partial charge in [0.05, 0.1) is 0 Å². The minimum atomic E-state index is -0.657. The number of halogens is 1. The second-order valence-electron chi connectivity index (χ2n) is 3.45. The molecule has 0 aliphatic heterocycles. The van der Waals surface area contributed by atoms with E-state index in [4.69, 9.17) is 0 Å². The van der Waals surface area contributed by atoms with Crippen LogP contribution >= 0.6 is 0 Å². The smallest absolute Gasteiger partial charge is 0.221 e. The second kappa shape index (κ2) is 3.77. The van der Waals surface area contributed by atoms with Crippen LogP contribution in [0, 0.1) is 6.08 Å². The summed E-state index contributed by atoms with van der Waals surface area (Å²) in [6, 6.07) is 0. The zero-order valence-electron chi connectivity index (χ0n) is 7.41. The highest BCUT2D eigenvalue weighted by Gasteiger charge is 2.18. The van der Waals surface area contributed by atoms with Gasteiger partial charge in [0.2, 0.25) is 0 Å². The van der Waals surface area contributed by atoms with E-state index in [0.717, 1.165) is 12.8 Å². The fourth-order valence-electron chi connectivity index (χ4n) is 1.85. The third kappa shape index (κ3) is 1.99. The number of nitrogens with zero attached hydrogens (tertiary/aromatic N) is 3. The summed E-state index contributed by atoms with van der Waals surface area (Å²) in [7, 11) is 0. The highest BCUT2D eigenvalue weighted by Crippen LogP contribution is 2.29. The molecule has 0 aromatic carbocycles. The molecule has 13 heavy (non-hydrogen) atoms. The van der Waals surface area contributed by atoms with Crippen LogP contribution in [-0.2, 0) is 0 Å². The maximum Gasteiger partial charge on any atom is 0.311 e. The fourth-order valence-corrected chi connectivity index (χ4v) is 1.85. The number of rotatable bonds is 1. The molecule has 1 aliphatic rings. The SMILES string of the molecule is Fc1ncnc(C2CCCCC2)n1. The Hall–Kier alpha value is -1.06. The van der Waals surface area contributed by atoms with Gasteiger partial charge in [-0.15, -0.1) is 0 Å². The van der Waals surface area contributed by atoms with E-state index in [1.165, 1.54) is 25.6 Å². The number of hydrogen-bond donors (Lipinski definition) is 0. The van der Waals surface area contributed by atoms with Crippen molar-refractivity contribution in [2.75, 3.05) is 0 Å². The summed E-state index contributed by atoms with van der Waals surface area (Å²) in [5.41, 5.74) is 0. The van der Waals surface area contributed by atoms with Gasteiger partial charge in [-0.1, -0.05) is 19.3 Å². The lowest BCUT2D eigenvalue weighted by molar-refractivity contribution is 0.415. The van der Waals surface area contributed by atoms with Crippen LogP contribution in [-0.4, -0.2) is 15.0 Å². The summed E-state index contributed by atoms with van der Waals surface area (Å²) in [5, 5.41) is 0. The summed E-state index contributed by atoms with van der Waals surface area (Å²) in [6.45, 7) is 0. The van der Waals surface area contributed by atoms with Crippen molar-refractivity contribution >= 4 is 0 Å². The van der Waals surface area contributed by atoms with Gasteiger partial charge in [0, 0.05) is 5.92 Å². The Bertz CT molecular complexity index is 284. The number of hydrogen-bond acceptors (Lipinski definition) is 3. The van der Waals surface area contributed by atoms with Crippen LogP contribution in [0.15, 0.2) is 6.33 Å². The minimum absolute atomic E-state index is 0.353. The van der Waals surface area contributed by atoms with Crippen molar-refractivity contribution in [3.05, 3.63) is 18.2 Å². The van der Waals surface area contributed by atoms with Crippen LogP contribution in [0.3, 0.4) is 0 Å². The van der Waals surface area contributed by atoms with E-state index in [1.807, 2.05) is 0 Å². The topological polar surface area (TPSA) is 38.7 Å². The molecule has 1 aromatic rings. The standard InChI is InChI=1S/C9H12FN3/c10-9-12-6-11-8(13-9)7-4-2-1-3-5-7/h6-7H,1-5H2. The first kappa shape index (κ1) is 8.53. The Kier molecular flexibility index (Phi) is 2.47. The van der Waals surface area contributed by atoms with Gasteiger partial charge < -0.3 is 0 Å². The summed E-state index contributed by atoms with van der Waals surface area (Å²) >= 11 is 0. The average Bonchev–Trinajstić information content (AvgIpc) is 2.19. The van der Waals surface area contributed by atoms with Gasteiger partial charge >= 0.3 is 6.08 Å². The van der Waals surface area contributed by atoms with Crippen molar-refractivity contribution in [1.82, 2.24) is 15.0 Å². The summed E-state index contributed by atoms with van der Waals surface area (Å²) < 4.78 is 12.7. The predicted molar refractivity (Wildman–Crippen MR) is 45.6 cm³/mol. The predicted octanol–water partition coefficient (Wildman–Crippen LogP) is 2.06. The molecule has 0 unspecified atom stereocenters. The molecule has 70 valence electrons. The van der Waals surface area contributed by atoms with Crippen molar-refractivity contribution in [3.63, 3.8) is 0 Å². The Morgan fingerprint density at radius 3 is 2.62 bits per heavy atom. The molecule has 0 N–H and O–H groups in total. The van der Waals surface area contributed by atoms with Gasteiger partial charge in [-0.25, -0.2) is 4.98 Å². The van der Waals surface area contributed by atoms with E-state index in [0.29, 0.717) is 11.7 Å². The van der Waals surface area contributed by atoms with Crippen LogP contribution in [0.25, 0.3) is 0 Å². The van der Waals surface area contributed by atoms with Crippen LogP contribution in [0.1, 0.15) is 43.8 Å². The normalized spacial score (nSPS) is 18.8. The molecular weight excluding hydrogens is 169 g/mol. The summed E-state index contributed by atoms with van der Waals surface area (Å²) in [6.07, 6.45) is 6.47. The first-order chi connectivity index (χ1) is 6.36. The van der Waals surface area contributed by atoms with E-state index in [-0.39, 0.29) is 0 Å². The number of aromatic nitrogens is 3. The van der Waals surface area contributed by atoms with E-state index in [1.54, 1.807) is 0 Å². The van der Waals surface area contributed by atoms with Gasteiger partial charge in [-0.3, -0.25) is 0 Å². The molecule has 4 heteroatoms. The van der Waals surface area contributed by atoms with Crippen LogP contribution in [0.5, 0.6) is 0 Å². The van der Waals surface area contributed by atoms with Gasteiger partial charge in [0.15, 0.2) is 0 Å². The van der Waals surface area contributed by atoms with E-state index in [2.05, 4.69) is 15.0 Å². The van der Waals surface area contributed by atoms with Crippen LogP contribution in [0.4, 0.5) is 4.39 Å².